The number of pyridine rings is 1. The average molecular weight is 287 g/mol. The van der Waals surface area contributed by atoms with E-state index in [0.717, 1.165) is 12.8 Å². The molecule has 98 valence electrons. The summed E-state index contributed by atoms with van der Waals surface area (Å²) in [7, 11) is 0. The van der Waals surface area contributed by atoms with Crippen molar-refractivity contribution in [3.05, 3.63) is 28.0 Å². The highest BCUT2D eigenvalue weighted by atomic mass is 35.5. The maximum atomic E-state index is 12.0. The standard InChI is InChI=1S/C13H16Cl2N2O/c1-8-3-2-4-10(5-8)17-13(18)9-6-11(14)12(15)16-7-9/h6-8,10H,2-5H2,1H3,(H,17,18). The molecule has 1 aliphatic rings. The molecule has 0 radical (unpaired) electrons. The fourth-order valence-electron chi connectivity index (χ4n) is 2.38. The Hall–Kier alpha value is -0.800. The summed E-state index contributed by atoms with van der Waals surface area (Å²) in [5.74, 6) is 0.552. The van der Waals surface area contributed by atoms with E-state index < -0.39 is 0 Å². The summed E-state index contributed by atoms with van der Waals surface area (Å²) < 4.78 is 0. The van der Waals surface area contributed by atoms with Crippen LogP contribution in [0.1, 0.15) is 43.0 Å². The molecule has 3 nitrogen and oxygen atoms in total. The molecule has 1 aromatic heterocycles. The van der Waals surface area contributed by atoms with Crippen LogP contribution in [0.15, 0.2) is 12.3 Å². The Morgan fingerprint density at radius 1 is 1.44 bits per heavy atom. The molecular weight excluding hydrogens is 271 g/mol. The number of hydrogen-bond donors (Lipinski definition) is 1. The Morgan fingerprint density at radius 3 is 2.89 bits per heavy atom. The first-order valence-corrected chi connectivity index (χ1v) is 6.93. The zero-order valence-corrected chi connectivity index (χ0v) is 11.8. The molecule has 5 heteroatoms. The van der Waals surface area contributed by atoms with Crippen molar-refractivity contribution in [3.8, 4) is 0 Å². The number of carbonyl (C=O) groups excluding carboxylic acids is 1. The zero-order chi connectivity index (χ0) is 13.1. The van der Waals surface area contributed by atoms with Gasteiger partial charge in [0.1, 0.15) is 5.15 Å². The van der Waals surface area contributed by atoms with E-state index in [1.54, 1.807) is 6.07 Å². The molecule has 1 fully saturated rings. The van der Waals surface area contributed by atoms with Crippen LogP contribution in [0.2, 0.25) is 10.2 Å². The molecule has 2 unspecified atom stereocenters. The molecule has 1 saturated carbocycles. The average Bonchev–Trinajstić information content (AvgIpc) is 2.32. The van der Waals surface area contributed by atoms with Crippen molar-refractivity contribution in [2.24, 2.45) is 5.92 Å². The summed E-state index contributed by atoms with van der Waals surface area (Å²) >= 11 is 11.6. The summed E-state index contributed by atoms with van der Waals surface area (Å²) in [6.07, 6.45) is 5.97. The fraction of sp³-hybridized carbons (Fsp3) is 0.538. The Labute approximate surface area is 117 Å². The molecule has 18 heavy (non-hydrogen) atoms. The number of hydrogen-bond acceptors (Lipinski definition) is 2. The quantitative estimate of drug-likeness (QED) is 0.843. The lowest BCUT2D eigenvalue weighted by Gasteiger charge is -2.27. The Bertz CT molecular complexity index is 451. The minimum absolute atomic E-state index is 0.125. The van der Waals surface area contributed by atoms with E-state index in [2.05, 4.69) is 17.2 Å². The van der Waals surface area contributed by atoms with E-state index in [1.165, 1.54) is 19.0 Å². The fourth-order valence-corrected chi connectivity index (χ4v) is 2.65. The molecule has 1 aromatic rings. The van der Waals surface area contributed by atoms with E-state index >= 15 is 0 Å². The summed E-state index contributed by atoms with van der Waals surface area (Å²) in [5.41, 5.74) is 0.461. The number of amides is 1. The normalized spacial score (nSPS) is 23.7. The monoisotopic (exact) mass is 286 g/mol. The van der Waals surface area contributed by atoms with Crippen molar-refractivity contribution >= 4 is 29.1 Å². The first-order valence-electron chi connectivity index (χ1n) is 6.18. The highest BCUT2D eigenvalue weighted by molar-refractivity contribution is 6.41. The largest absolute Gasteiger partial charge is 0.349 e. The van der Waals surface area contributed by atoms with Crippen LogP contribution < -0.4 is 5.32 Å². The third kappa shape index (κ3) is 3.36. The lowest BCUT2D eigenvalue weighted by Crippen LogP contribution is -2.38. The van der Waals surface area contributed by atoms with Gasteiger partial charge < -0.3 is 5.32 Å². The van der Waals surface area contributed by atoms with Crippen LogP contribution in [0.5, 0.6) is 0 Å². The first kappa shape index (κ1) is 13.6. The van der Waals surface area contributed by atoms with Crippen LogP contribution >= 0.6 is 23.2 Å². The van der Waals surface area contributed by atoms with Crippen LogP contribution in [0.3, 0.4) is 0 Å². The van der Waals surface area contributed by atoms with Crippen LogP contribution in [-0.2, 0) is 0 Å². The highest BCUT2D eigenvalue weighted by Gasteiger charge is 2.21. The number of carbonyl (C=O) groups is 1. The molecule has 0 aliphatic heterocycles. The number of nitrogens with one attached hydrogen (secondary N) is 1. The highest BCUT2D eigenvalue weighted by Crippen LogP contribution is 2.24. The molecule has 0 bridgehead atoms. The third-order valence-electron chi connectivity index (χ3n) is 3.33. The van der Waals surface area contributed by atoms with Crippen molar-refractivity contribution in [1.29, 1.82) is 0 Å². The topological polar surface area (TPSA) is 42.0 Å². The van der Waals surface area contributed by atoms with Crippen LogP contribution in [0.25, 0.3) is 0 Å². The second kappa shape index (κ2) is 5.89. The van der Waals surface area contributed by atoms with Gasteiger partial charge in [-0.2, -0.15) is 0 Å². The van der Waals surface area contributed by atoms with Crippen molar-refractivity contribution in [2.45, 2.75) is 38.6 Å². The Morgan fingerprint density at radius 2 is 2.22 bits per heavy atom. The molecule has 0 aromatic carbocycles. The van der Waals surface area contributed by atoms with Gasteiger partial charge in [0.2, 0.25) is 0 Å². The van der Waals surface area contributed by atoms with E-state index in [4.69, 9.17) is 23.2 Å². The van der Waals surface area contributed by atoms with Gasteiger partial charge in [-0.25, -0.2) is 4.98 Å². The molecule has 0 saturated heterocycles. The van der Waals surface area contributed by atoms with Crippen LogP contribution in [-0.4, -0.2) is 16.9 Å². The maximum absolute atomic E-state index is 12.0. The lowest BCUT2D eigenvalue weighted by atomic mass is 9.87. The van der Waals surface area contributed by atoms with Gasteiger partial charge in [-0.3, -0.25) is 4.79 Å². The lowest BCUT2D eigenvalue weighted by molar-refractivity contribution is 0.0921. The molecule has 2 atom stereocenters. The van der Waals surface area contributed by atoms with Crippen molar-refractivity contribution in [2.75, 3.05) is 0 Å². The molecule has 1 amide bonds. The molecule has 2 rings (SSSR count). The Kier molecular flexibility index (Phi) is 4.46. The van der Waals surface area contributed by atoms with Gasteiger partial charge in [-0.05, 0) is 24.8 Å². The molecule has 1 aliphatic carbocycles. The van der Waals surface area contributed by atoms with E-state index in [1.807, 2.05) is 0 Å². The van der Waals surface area contributed by atoms with Crippen LogP contribution in [0, 0.1) is 5.92 Å². The first-order chi connectivity index (χ1) is 8.56. The van der Waals surface area contributed by atoms with Crippen molar-refractivity contribution < 1.29 is 4.79 Å². The van der Waals surface area contributed by atoms with Gasteiger partial charge in [-0.1, -0.05) is 43.0 Å². The predicted octanol–water partition coefficient (Wildman–Crippen LogP) is 3.70. The number of nitrogens with zero attached hydrogens (tertiary/aromatic N) is 1. The minimum Gasteiger partial charge on any atom is -0.349 e. The van der Waals surface area contributed by atoms with Gasteiger partial charge in [0.15, 0.2) is 0 Å². The summed E-state index contributed by atoms with van der Waals surface area (Å²) in [5, 5.41) is 3.56. The second-order valence-electron chi connectivity index (χ2n) is 4.94. The minimum atomic E-state index is -0.125. The van der Waals surface area contributed by atoms with Gasteiger partial charge in [-0.15, -0.1) is 0 Å². The Balaban J connectivity index is 2.00. The predicted molar refractivity (Wildman–Crippen MR) is 73.1 cm³/mol. The molecule has 1 heterocycles. The molecule has 1 N–H and O–H groups in total. The third-order valence-corrected chi connectivity index (χ3v) is 4.02. The SMILES string of the molecule is CC1CCCC(NC(=O)c2cnc(Cl)c(Cl)c2)C1. The van der Waals surface area contributed by atoms with Gasteiger partial charge >= 0.3 is 0 Å². The van der Waals surface area contributed by atoms with Gasteiger partial charge in [0.05, 0.1) is 10.6 Å². The van der Waals surface area contributed by atoms with Gasteiger partial charge in [0, 0.05) is 12.2 Å². The number of aromatic nitrogens is 1. The number of halogens is 2. The van der Waals surface area contributed by atoms with Gasteiger partial charge in [0.25, 0.3) is 5.91 Å². The van der Waals surface area contributed by atoms with Crippen molar-refractivity contribution in [1.82, 2.24) is 10.3 Å². The summed E-state index contributed by atoms with van der Waals surface area (Å²) in [6, 6.07) is 1.81. The zero-order valence-electron chi connectivity index (χ0n) is 10.2. The summed E-state index contributed by atoms with van der Waals surface area (Å²) in [6.45, 7) is 2.22. The smallest absolute Gasteiger partial charge is 0.253 e. The molecular formula is C13H16Cl2N2O. The number of rotatable bonds is 2. The molecule has 0 spiro atoms. The maximum Gasteiger partial charge on any atom is 0.253 e. The van der Waals surface area contributed by atoms with E-state index in [-0.39, 0.29) is 17.1 Å². The van der Waals surface area contributed by atoms with E-state index in [9.17, 15) is 4.79 Å². The van der Waals surface area contributed by atoms with Crippen LogP contribution in [0.4, 0.5) is 0 Å². The van der Waals surface area contributed by atoms with E-state index in [0.29, 0.717) is 16.5 Å². The second-order valence-corrected chi connectivity index (χ2v) is 5.70. The van der Waals surface area contributed by atoms with Crippen molar-refractivity contribution in [3.63, 3.8) is 0 Å². The summed E-state index contributed by atoms with van der Waals surface area (Å²) in [4.78, 5) is 15.9.